The summed E-state index contributed by atoms with van der Waals surface area (Å²) in [5.74, 6) is 4.99. The van der Waals surface area contributed by atoms with E-state index >= 15 is 0 Å². The lowest BCUT2D eigenvalue weighted by Crippen LogP contribution is -2.35. The van der Waals surface area contributed by atoms with Gasteiger partial charge in [-0.1, -0.05) is 68.0 Å². The summed E-state index contributed by atoms with van der Waals surface area (Å²) < 4.78 is 1.79. The molecule has 45 heavy (non-hydrogen) atoms. The molecular formula is C38H44N6O. The molecule has 7 nitrogen and oxygen atoms in total. The van der Waals surface area contributed by atoms with Crippen LogP contribution in [0, 0.1) is 30.1 Å². The fraction of sp³-hybridized carbons (Fsp3) is 0.447. The van der Waals surface area contributed by atoms with Crippen LogP contribution in [0.3, 0.4) is 0 Å². The van der Waals surface area contributed by atoms with Gasteiger partial charge >= 0.3 is 0 Å². The Kier molecular flexibility index (Phi) is 9.99. The highest BCUT2D eigenvalue weighted by atomic mass is 16.1. The molecule has 1 atom stereocenters. The molecule has 2 saturated carbocycles. The maximum Gasteiger partial charge on any atom is 0.229 e. The van der Waals surface area contributed by atoms with Gasteiger partial charge < -0.3 is 5.32 Å². The Labute approximate surface area is 267 Å². The number of hydrogen-bond acceptors (Lipinski definition) is 5. The molecule has 6 rings (SSSR count). The van der Waals surface area contributed by atoms with Gasteiger partial charge in [0, 0.05) is 49.7 Å². The summed E-state index contributed by atoms with van der Waals surface area (Å²) >= 11 is 0. The summed E-state index contributed by atoms with van der Waals surface area (Å²) in [4.78, 5) is 28.3. The van der Waals surface area contributed by atoms with E-state index in [1.165, 1.54) is 32.1 Å². The van der Waals surface area contributed by atoms with Gasteiger partial charge in [0.15, 0.2) is 0 Å². The first-order valence-corrected chi connectivity index (χ1v) is 16.6. The van der Waals surface area contributed by atoms with Gasteiger partial charge in [-0.3, -0.25) is 14.5 Å². The zero-order valence-corrected chi connectivity index (χ0v) is 26.4. The number of aryl methyl sites for hydroxylation is 2. The molecule has 7 heteroatoms. The van der Waals surface area contributed by atoms with Gasteiger partial charge in [-0.15, -0.1) is 6.42 Å². The molecule has 2 fully saturated rings. The molecule has 2 aliphatic rings. The number of carbonyl (C=O) groups excluding carboxylic acids is 1. The molecule has 1 aromatic carbocycles. The second-order valence-corrected chi connectivity index (χ2v) is 13.0. The number of nitrogens with zero attached hydrogens (tertiary/aromatic N) is 5. The molecule has 0 spiro atoms. The van der Waals surface area contributed by atoms with Gasteiger partial charge in [0.25, 0.3) is 0 Å². The fourth-order valence-electron chi connectivity index (χ4n) is 7.31. The number of hydrogen-bond donors (Lipinski definition) is 1. The minimum Gasteiger partial charge on any atom is -0.351 e. The molecule has 1 unspecified atom stereocenters. The van der Waals surface area contributed by atoms with Gasteiger partial charge in [-0.2, -0.15) is 5.10 Å². The SMILES string of the molecule is C#Cc1cnc(CC2CCC(C(C(=O)NCc3ccccc3)c3ccc(-c4cnn(C)c4)cn3)CC2)nc1CCC1CCCC1. The van der Waals surface area contributed by atoms with Crippen LogP contribution in [0.15, 0.2) is 67.3 Å². The number of pyridine rings is 1. The molecule has 0 bridgehead atoms. The highest BCUT2D eigenvalue weighted by molar-refractivity contribution is 5.83. The smallest absolute Gasteiger partial charge is 0.229 e. The molecule has 4 aromatic rings. The maximum absolute atomic E-state index is 13.8. The predicted octanol–water partition coefficient (Wildman–Crippen LogP) is 6.83. The van der Waals surface area contributed by atoms with Crippen molar-refractivity contribution in [1.29, 1.82) is 0 Å². The van der Waals surface area contributed by atoms with E-state index in [1.807, 2.05) is 68.2 Å². The molecule has 1 N–H and O–H groups in total. The van der Waals surface area contributed by atoms with Crippen molar-refractivity contribution in [3.63, 3.8) is 0 Å². The van der Waals surface area contributed by atoms with Gasteiger partial charge in [0.1, 0.15) is 5.82 Å². The summed E-state index contributed by atoms with van der Waals surface area (Å²) in [6.07, 6.45) is 25.7. The zero-order chi connectivity index (χ0) is 31.0. The van der Waals surface area contributed by atoms with Crippen LogP contribution >= 0.6 is 0 Å². The lowest BCUT2D eigenvalue weighted by molar-refractivity contribution is -0.124. The third-order valence-corrected chi connectivity index (χ3v) is 9.91. The van der Waals surface area contributed by atoms with Gasteiger partial charge in [-0.25, -0.2) is 9.97 Å². The average molecular weight is 601 g/mol. The van der Waals surface area contributed by atoms with Gasteiger partial charge in [-0.05, 0) is 67.9 Å². The van der Waals surface area contributed by atoms with E-state index in [0.717, 1.165) is 83.9 Å². The maximum atomic E-state index is 13.8. The summed E-state index contributed by atoms with van der Waals surface area (Å²) in [6.45, 7) is 0.507. The Hall–Kier alpha value is -4.31. The van der Waals surface area contributed by atoms with Crippen LogP contribution in [0.5, 0.6) is 0 Å². The molecule has 0 aliphatic heterocycles. The van der Waals surface area contributed by atoms with E-state index in [-0.39, 0.29) is 17.7 Å². The second-order valence-electron chi connectivity index (χ2n) is 13.0. The molecule has 3 aromatic heterocycles. The Morgan fingerprint density at radius 2 is 1.76 bits per heavy atom. The number of carbonyl (C=O) groups is 1. The summed E-state index contributed by atoms with van der Waals surface area (Å²) in [7, 11) is 1.91. The standard InChI is InChI=1S/C38H44N6O/c1-3-30-23-40-36(43-34(30)19-15-27-9-7-8-10-27)21-28-13-16-31(17-14-28)37(38(45)41-22-29-11-5-4-6-12-29)35-20-18-32(24-39-35)33-25-42-44(2)26-33/h1,4-6,11-12,18,20,23-28,31,37H,7-10,13-17,19,21-22H2,2H3,(H,41,45). The first-order chi connectivity index (χ1) is 22.1. The number of amides is 1. The Bertz CT molecular complexity index is 1590. The van der Waals surface area contributed by atoms with Crippen LogP contribution in [0.25, 0.3) is 11.1 Å². The van der Waals surface area contributed by atoms with Crippen molar-refractivity contribution in [3.05, 3.63) is 95.6 Å². The number of aromatic nitrogens is 5. The third kappa shape index (κ3) is 7.86. The highest BCUT2D eigenvalue weighted by Crippen LogP contribution is 2.39. The summed E-state index contributed by atoms with van der Waals surface area (Å²) in [5.41, 5.74) is 5.81. The molecular weight excluding hydrogens is 556 g/mol. The number of nitrogens with one attached hydrogen (secondary N) is 1. The average Bonchev–Trinajstić information content (AvgIpc) is 3.77. The van der Waals surface area contributed by atoms with Crippen molar-refractivity contribution in [3.8, 4) is 23.5 Å². The molecule has 1 amide bonds. The van der Waals surface area contributed by atoms with Gasteiger partial charge in [0.05, 0.1) is 29.1 Å². The highest BCUT2D eigenvalue weighted by Gasteiger charge is 2.34. The second kappa shape index (κ2) is 14.6. The van der Waals surface area contributed by atoms with E-state index < -0.39 is 0 Å². The first kappa shape index (κ1) is 30.7. The summed E-state index contributed by atoms with van der Waals surface area (Å²) in [6, 6.07) is 14.2. The number of terminal acetylenes is 1. The van der Waals surface area contributed by atoms with E-state index in [1.54, 1.807) is 4.68 Å². The van der Waals surface area contributed by atoms with Crippen LogP contribution in [0.1, 0.15) is 92.0 Å². The first-order valence-electron chi connectivity index (χ1n) is 16.6. The molecule has 2 aliphatic carbocycles. The molecule has 3 heterocycles. The van der Waals surface area contributed by atoms with E-state index in [9.17, 15) is 4.79 Å². The largest absolute Gasteiger partial charge is 0.351 e. The van der Waals surface area contributed by atoms with Crippen molar-refractivity contribution in [2.45, 2.75) is 83.1 Å². The van der Waals surface area contributed by atoms with Crippen LogP contribution in [-0.4, -0.2) is 30.6 Å². The predicted molar refractivity (Wildman–Crippen MR) is 177 cm³/mol. The normalized spacial score (nSPS) is 19.2. The molecule has 0 saturated heterocycles. The van der Waals surface area contributed by atoms with E-state index in [0.29, 0.717) is 12.5 Å². The number of benzene rings is 1. The monoisotopic (exact) mass is 600 g/mol. The Morgan fingerprint density at radius 1 is 0.956 bits per heavy atom. The van der Waals surface area contributed by atoms with E-state index in [2.05, 4.69) is 27.4 Å². The van der Waals surface area contributed by atoms with Crippen LogP contribution in [-0.2, 0) is 31.2 Å². The van der Waals surface area contributed by atoms with Crippen molar-refractivity contribution in [2.24, 2.45) is 24.8 Å². The lowest BCUT2D eigenvalue weighted by Gasteiger charge is -2.33. The van der Waals surface area contributed by atoms with Crippen molar-refractivity contribution < 1.29 is 4.79 Å². The zero-order valence-electron chi connectivity index (χ0n) is 26.4. The Morgan fingerprint density at radius 3 is 2.44 bits per heavy atom. The van der Waals surface area contributed by atoms with Crippen LogP contribution in [0.4, 0.5) is 0 Å². The van der Waals surface area contributed by atoms with Crippen LogP contribution < -0.4 is 5.32 Å². The van der Waals surface area contributed by atoms with Crippen LogP contribution in [0.2, 0.25) is 0 Å². The number of rotatable bonds is 11. The Balaban J connectivity index is 1.12. The summed E-state index contributed by atoms with van der Waals surface area (Å²) in [5, 5.41) is 7.50. The van der Waals surface area contributed by atoms with E-state index in [4.69, 9.17) is 16.4 Å². The quantitative estimate of drug-likeness (QED) is 0.191. The molecule has 232 valence electrons. The topological polar surface area (TPSA) is 85.6 Å². The molecule has 0 radical (unpaired) electrons. The minimum absolute atomic E-state index is 0.0454. The third-order valence-electron chi connectivity index (χ3n) is 9.91. The van der Waals surface area contributed by atoms with Crippen molar-refractivity contribution in [2.75, 3.05) is 0 Å². The van der Waals surface area contributed by atoms with Crippen molar-refractivity contribution >= 4 is 5.91 Å². The lowest BCUT2D eigenvalue weighted by atomic mass is 9.73. The van der Waals surface area contributed by atoms with Crippen molar-refractivity contribution in [1.82, 2.24) is 30.0 Å². The fourth-order valence-corrected chi connectivity index (χ4v) is 7.31. The minimum atomic E-state index is -0.300. The van der Waals surface area contributed by atoms with Gasteiger partial charge in [0.2, 0.25) is 5.91 Å².